The van der Waals surface area contributed by atoms with Crippen molar-refractivity contribution in [2.75, 3.05) is 36.8 Å². The lowest BCUT2D eigenvalue weighted by Gasteiger charge is -2.33. The summed E-state index contributed by atoms with van der Waals surface area (Å²) in [6.07, 6.45) is 7.80. The van der Waals surface area contributed by atoms with Gasteiger partial charge in [0.25, 0.3) is 0 Å². The summed E-state index contributed by atoms with van der Waals surface area (Å²) < 4.78 is 24.4. The van der Waals surface area contributed by atoms with Crippen molar-refractivity contribution in [1.82, 2.24) is 19.6 Å². The number of anilines is 3. The highest BCUT2D eigenvalue weighted by atomic mass is 35.5. The lowest BCUT2D eigenvalue weighted by atomic mass is 9.84. The normalized spacial score (nSPS) is 22.3. The van der Waals surface area contributed by atoms with Gasteiger partial charge in [-0.05, 0) is 61.4 Å². The summed E-state index contributed by atoms with van der Waals surface area (Å²) in [6.45, 7) is 5.89. The van der Waals surface area contributed by atoms with E-state index in [9.17, 15) is 8.76 Å². The van der Waals surface area contributed by atoms with Crippen LogP contribution in [-0.4, -0.2) is 55.9 Å². The molecule has 3 N–H and O–H groups in total. The van der Waals surface area contributed by atoms with Crippen LogP contribution in [0.25, 0.3) is 0 Å². The van der Waals surface area contributed by atoms with Gasteiger partial charge in [-0.2, -0.15) is 4.98 Å². The average molecular weight is 492 g/mol. The second-order valence-electron chi connectivity index (χ2n) is 8.81. The fourth-order valence-electron chi connectivity index (χ4n) is 4.82. The molecule has 0 saturated heterocycles. The third-order valence-electron chi connectivity index (χ3n) is 6.74. The van der Waals surface area contributed by atoms with E-state index >= 15 is 0 Å². The van der Waals surface area contributed by atoms with Gasteiger partial charge in [0.1, 0.15) is 5.02 Å². The van der Waals surface area contributed by atoms with Crippen LogP contribution in [0.1, 0.15) is 43.7 Å². The molecule has 180 valence electrons. The van der Waals surface area contributed by atoms with Crippen LogP contribution in [0.3, 0.4) is 0 Å². The molecule has 2 heterocycles. The number of likely N-dealkylation sites (N-methyl/N-ethyl adjacent to an activating group) is 1. The zero-order chi connectivity index (χ0) is 23.2. The number of rotatable bonds is 8. The van der Waals surface area contributed by atoms with Crippen molar-refractivity contribution < 1.29 is 8.76 Å². The molecule has 10 heteroatoms. The van der Waals surface area contributed by atoms with Crippen LogP contribution in [0.15, 0.2) is 24.4 Å². The van der Waals surface area contributed by atoms with Gasteiger partial charge in [0.15, 0.2) is 5.82 Å². The number of fused-ring (bicyclic) bond motifs is 1. The number of benzene rings is 1. The third-order valence-corrected chi connectivity index (χ3v) is 7.42. The van der Waals surface area contributed by atoms with Crippen molar-refractivity contribution in [3.05, 3.63) is 40.5 Å². The Hall–Kier alpha value is -1.78. The van der Waals surface area contributed by atoms with Gasteiger partial charge in [-0.1, -0.05) is 37.4 Å². The number of aromatic nitrogens is 2. The van der Waals surface area contributed by atoms with Crippen LogP contribution in [0.5, 0.6) is 0 Å². The molecule has 1 saturated carbocycles. The minimum Gasteiger partial charge on any atom is -0.760 e. The van der Waals surface area contributed by atoms with E-state index in [1.54, 1.807) is 6.20 Å². The van der Waals surface area contributed by atoms with E-state index < -0.39 is 11.3 Å². The largest absolute Gasteiger partial charge is 0.760 e. The molecule has 4 rings (SSSR count). The molecule has 1 aliphatic carbocycles. The summed E-state index contributed by atoms with van der Waals surface area (Å²) in [5.74, 6) is 1.24. The minimum atomic E-state index is -2.26. The second kappa shape index (κ2) is 11.6. The Bertz CT molecular complexity index is 978. The van der Waals surface area contributed by atoms with Crippen LogP contribution >= 0.6 is 11.6 Å². The Morgan fingerprint density at radius 2 is 2.00 bits per heavy atom. The van der Waals surface area contributed by atoms with Crippen LogP contribution in [0.2, 0.25) is 5.02 Å². The monoisotopic (exact) mass is 491 g/mol. The van der Waals surface area contributed by atoms with Crippen molar-refractivity contribution in [1.29, 1.82) is 0 Å². The Balaban J connectivity index is 1.45. The van der Waals surface area contributed by atoms with Gasteiger partial charge in [0, 0.05) is 42.6 Å². The maximum atomic E-state index is 10.9. The van der Waals surface area contributed by atoms with Gasteiger partial charge in [-0.25, -0.2) is 9.71 Å². The first-order valence-corrected chi connectivity index (χ1v) is 13.2. The molecule has 1 aromatic heterocycles. The summed E-state index contributed by atoms with van der Waals surface area (Å²) in [5.41, 5.74) is 3.74. The zero-order valence-corrected chi connectivity index (χ0v) is 20.6. The Labute approximate surface area is 203 Å². The van der Waals surface area contributed by atoms with Crippen molar-refractivity contribution in [3.63, 3.8) is 0 Å². The molecule has 0 spiro atoms. The van der Waals surface area contributed by atoms with E-state index in [1.807, 2.05) is 0 Å². The molecule has 1 unspecified atom stereocenters. The molecule has 1 aliphatic heterocycles. The molecule has 2 aliphatic rings. The van der Waals surface area contributed by atoms with Crippen LogP contribution < -0.4 is 15.4 Å². The van der Waals surface area contributed by atoms with E-state index in [-0.39, 0.29) is 12.0 Å². The standard InChI is InChI=1S/C23H33ClN6O2S/c1-2-30-11-9-16-7-8-19(13-17(16)10-12-30)27-23-25-15-20(24)22(29-23)28-21-6-4-3-5-18(21)14-26-33(31)32/h7-8,13,15,18,21,26H,2-6,9-12,14H2,1H3,(H,31,32)(H2,25,27,28,29)/p-1/t18-,21-/m1/s1. The Kier molecular flexibility index (Phi) is 8.54. The van der Waals surface area contributed by atoms with E-state index in [0.29, 0.717) is 23.3 Å². The summed E-state index contributed by atoms with van der Waals surface area (Å²) in [6, 6.07) is 6.58. The molecular formula is C23H32ClN6O2S-. The maximum Gasteiger partial charge on any atom is 0.229 e. The van der Waals surface area contributed by atoms with Gasteiger partial charge >= 0.3 is 0 Å². The van der Waals surface area contributed by atoms with Gasteiger partial charge in [0.2, 0.25) is 5.95 Å². The minimum absolute atomic E-state index is 0.101. The van der Waals surface area contributed by atoms with E-state index in [1.165, 1.54) is 11.1 Å². The Morgan fingerprint density at radius 1 is 1.21 bits per heavy atom. The highest BCUT2D eigenvalue weighted by molar-refractivity contribution is 7.77. The zero-order valence-electron chi connectivity index (χ0n) is 19.0. The third kappa shape index (κ3) is 6.64. The lowest BCUT2D eigenvalue weighted by Crippen LogP contribution is -2.39. The van der Waals surface area contributed by atoms with Gasteiger partial charge in [0.05, 0.1) is 6.20 Å². The van der Waals surface area contributed by atoms with Crippen molar-refractivity contribution in [2.24, 2.45) is 5.92 Å². The predicted molar refractivity (Wildman–Crippen MR) is 133 cm³/mol. The first-order valence-electron chi connectivity index (χ1n) is 11.7. The molecule has 2 aromatic rings. The number of hydrogen-bond donors (Lipinski definition) is 3. The topological polar surface area (TPSA) is 105 Å². The van der Waals surface area contributed by atoms with Crippen LogP contribution in [0.4, 0.5) is 17.5 Å². The quantitative estimate of drug-likeness (QED) is 0.484. The summed E-state index contributed by atoms with van der Waals surface area (Å²) in [4.78, 5) is 11.5. The summed E-state index contributed by atoms with van der Waals surface area (Å²) >= 11 is 4.14. The smallest absolute Gasteiger partial charge is 0.229 e. The molecule has 0 amide bonds. The van der Waals surface area contributed by atoms with E-state index in [4.69, 9.17) is 11.6 Å². The first kappa shape index (κ1) is 24.3. The Morgan fingerprint density at radius 3 is 2.79 bits per heavy atom. The SMILES string of the molecule is CCN1CCc2ccc(Nc3ncc(Cl)c(N[C@@H]4CCCC[C@@H]4CNS(=O)[O-])n3)cc2CC1. The molecule has 0 bridgehead atoms. The van der Waals surface area contributed by atoms with E-state index in [0.717, 1.165) is 63.8 Å². The highest BCUT2D eigenvalue weighted by Crippen LogP contribution is 2.30. The number of nitrogens with one attached hydrogen (secondary N) is 3. The lowest BCUT2D eigenvalue weighted by molar-refractivity contribution is 0.303. The van der Waals surface area contributed by atoms with Gasteiger partial charge < -0.3 is 20.1 Å². The molecule has 8 nitrogen and oxygen atoms in total. The highest BCUT2D eigenvalue weighted by Gasteiger charge is 2.26. The number of hydrogen-bond acceptors (Lipinski definition) is 7. The summed E-state index contributed by atoms with van der Waals surface area (Å²) in [7, 11) is 0. The fourth-order valence-corrected chi connectivity index (χ4v) is 5.31. The molecular weight excluding hydrogens is 460 g/mol. The summed E-state index contributed by atoms with van der Waals surface area (Å²) in [5, 5.41) is 7.23. The maximum absolute atomic E-state index is 10.9. The van der Waals surface area contributed by atoms with Crippen molar-refractivity contribution in [2.45, 2.75) is 51.5 Å². The van der Waals surface area contributed by atoms with Gasteiger partial charge in [-0.15, -0.1) is 0 Å². The molecule has 3 atom stereocenters. The molecule has 0 radical (unpaired) electrons. The van der Waals surface area contributed by atoms with E-state index in [2.05, 4.69) is 55.3 Å². The van der Waals surface area contributed by atoms with Crippen LogP contribution in [0, 0.1) is 5.92 Å². The second-order valence-corrected chi connectivity index (χ2v) is 9.98. The fraction of sp³-hybridized carbons (Fsp3) is 0.565. The van der Waals surface area contributed by atoms with Crippen LogP contribution in [-0.2, 0) is 24.1 Å². The average Bonchev–Trinajstić information content (AvgIpc) is 3.02. The molecule has 1 aromatic carbocycles. The first-order chi connectivity index (χ1) is 16.0. The molecule has 1 fully saturated rings. The molecule has 33 heavy (non-hydrogen) atoms. The van der Waals surface area contributed by atoms with Crippen molar-refractivity contribution >= 4 is 40.3 Å². The van der Waals surface area contributed by atoms with Gasteiger partial charge in [-0.3, -0.25) is 4.21 Å². The number of halogens is 1. The van der Waals surface area contributed by atoms with Crippen molar-refractivity contribution in [3.8, 4) is 0 Å². The predicted octanol–water partition coefficient (Wildman–Crippen LogP) is 3.65. The number of nitrogens with zero attached hydrogens (tertiary/aromatic N) is 3.